The lowest BCUT2D eigenvalue weighted by Gasteiger charge is -2.34. The van der Waals surface area contributed by atoms with Crippen LogP contribution in [-0.4, -0.2) is 30.6 Å². The van der Waals surface area contributed by atoms with Gasteiger partial charge in [0.1, 0.15) is 6.61 Å². The Morgan fingerprint density at radius 1 is 1.16 bits per heavy atom. The Morgan fingerprint density at radius 2 is 1.88 bits per heavy atom. The summed E-state index contributed by atoms with van der Waals surface area (Å²) in [6.07, 6.45) is -0.239. The van der Waals surface area contributed by atoms with Crippen molar-refractivity contribution in [1.82, 2.24) is 10.2 Å². The molecule has 1 atom stereocenters. The van der Waals surface area contributed by atoms with Crippen LogP contribution in [0, 0.1) is 0 Å². The third-order valence-electron chi connectivity index (χ3n) is 4.63. The number of piperazine rings is 1. The minimum atomic E-state index is -0.239. The normalized spacial score (nSPS) is 17.6. The lowest BCUT2D eigenvalue weighted by molar-refractivity contribution is 0.0849. The maximum atomic E-state index is 12.4. The highest BCUT2D eigenvalue weighted by Gasteiger charge is 2.26. The van der Waals surface area contributed by atoms with E-state index in [9.17, 15) is 4.79 Å². The first-order chi connectivity index (χ1) is 12.1. The van der Waals surface area contributed by atoms with Gasteiger partial charge in [0.25, 0.3) is 0 Å². The average molecular weight is 338 g/mol. The molecule has 1 aliphatic rings. The van der Waals surface area contributed by atoms with Gasteiger partial charge in [0, 0.05) is 19.6 Å². The SMILES string of the molecule is CC(C)c1ccccc1C1CN(C(=O)OCc2ccccc2)CCN1. The summed E-state index contributed by atoms with van der Waals surface area (Å²) in [5, 5.41) is 3.54. The fraction of sp³-hybridized carbons (Fsp3) is 0.381. The molecule has 1 amide bonds. The monoisotopic (exact) mass is 338 g/mol. The number of carbonyl (C=O) groups is 1. The van der Waals surface area contributed by atoms with E-state index < -0.39 is 0 Å². The molecule has 2 aromatic carbocycles. The van der Waals surface area contributed by atoms with Gasteiger partial charge < -0.3 is 15.0 Å². The standard InChI is InChI=1S/C21H26N2O2/c1-16(2)18-10-6-7-11-19(18)20-14-23(13-12-22-20)21(24)25-15-17-8-4-3-5-9-17/h3-11,16,20,22H,12-15H2,1-2H3. The van der Waals surface area contributed by atoms with Crippen LogP contribution in [0.25, 0.3) is 0 Å². The van der Waals surface area contributed by atoms with Gasteiger partial charge in [-0.3, -0.25) is 0 Å². The maximum Gasteiger partial charge on any atom is 0.410 e. The largest absolute Gasteiger partial charge is 0.445 e. The molecule has 0 aliphatic carbocycles. The van der Waals surface area contributed by atoms with Gasteiger partial charge in [-0.1, -0.05) is 68.4 Å². The van der Waals surface area contributed by atoms with Crippen molar-refractivity contribution in [2.75, 3.05) is 19.6 Å². The Bertz CT molecular complexity index is 700. The van der Waals surface area contributed by atoms with Crippen LogP contribution < -0.4 is 5.32 Å². The first-order valence-corrected chi connectivity index (χ1v) is 8.93. The number of carbonyl (C=O) groups excluding carboxylic acids is 1. The maximum absolute atomic E-state index is 12.4. The first-order valence-electron chi connectivity index (χ1n) is 8.93. The summed E-state index contributed by atoms with van der Waals surface area (Å²) >= 11 is 0. The van der Waals surface area contributed by atoms with Gasteiger partial charge in [0.15, 0.2) is 0 Å². The quantitative estimate of drug-likeness (QED) is 0.913. The van der Waals surface area contributed by atoms with Gasteiger partial charge >= 0.3 is 6.09 Å². The number of hydrogen-bond acceptors (Lipinski definition) is 3. The van der Waals surface area contributed by atoms with Gasteiger partial charge in [0.2, 0.25) is 0 Å². The van der Waals surface area contributed by atoms with Crippen LogP contribution in [-0.2, 0) is 11.3 Å². The Kier molecular flexibility index (Phi) is 5.71. The molecule has 4 nitrogen and oxygen atoms in total. The fourth-order valence-electron chi connectivity index (χ4n) is 3.29. The summed E-state index contributed by atoms with van der Waals surface area (Å²) in [5.74, 6) is 0.457. The summed E-state index contributed by atoms with van der Waals surface area (Å²) in [5.41, 5.74) is 3.62. The Labute approximate surface area is 149 Å². The molecule has 1 heterocycles. The highest BCUT2D eigenvalue weighted by molar-refractivity contribution is 5.68. The lowest BCUT2D eigenvalue weighted by Crippen LogP contribution is -2.48. The van der Waals surface area contributed by atoms with E-state index >= 15 is 0 Å². The summed E-state index contributed by atoms with van der Waals surface area (Å²) in [6, 6.07) is 18.4. The van der Waals surface area contributed by atoms with E-state index in [1.54, 1.807) is 4.90 Å². The van der Waals surface area contributed by atoms with Crippen LogP contribution >= 0.6 is 0 Å². The minimum Gasteiger partial charge on any atom is -0.445 e. The van der Waals surface area contributed by atoms with E-state index in [0.717, 1.165) is 12.1 Å². The summed E-state index contributed by atoms with van der Waals surface area (Å²) < 4.78 is 5.49. The first kappa shape index (κ1) is 17.5. The Morgan fingerprint density at radius 3 is 2.64 bits per heavy atom. The molecule has 25 heavy (non-hydrogen) atoms. The second-order valence-corrected chi connectivity index (χ2v) is 6.78. The molecule has 1 N–H and O–H groups in total. The molecule has 0 radical (unpaired) electrons. The summed E-state index contributed by atoms with van der Waals surface area (Å²) in [7, 11) is 0. The van der Waals surface area contributed by atoms with E-state index in [2.05, 4.69) is 43.4 Å². The molecular formula is C21H26N2O2. The third kappa shape index (κ3) is 4.40. The number of hydrogen-bond donors (Lipinski definition) is 1. The topological polar surface area (TPSA) is 41.6 Å². The molecule has 132 valence electrons. The predicted molar refractivity (Wildman–Crippen MR) is 99.5 cm³/mol. The van der Waals surface area contributed by atoms with E-state index in [1.165, 1.54) is 11.1 Å². The van der Waals surface area contributed by atoms with Crippen LogP contribution in [0.15, 0.2) is 54.6 Å². The zero-order valence-corrected chi connectivity index (χ0v) is 14.9. The second-order valence-electron chi connectivity index (χ2n) is 6.78. The Balaban J connectivity index is 1.64. The van der Waals surface area contributed by atoms with Gasteiger partial charge in [-0.15, -0.1) is 0 Å². The molecule has 0 spiro atoms. The van der Waals surface area contributed by atoms with Crippen LogP contribution in [0.5, 0.6) is 0 Å². The molecule has 2 aromatic rings. The van der Waals surface area contributed by atoms with Gasteiger partial charge in [-0.25, -0.2) is 4.79 Å². The molecule has 0 bridgehead atoms. The highest BCUT2D eigenvalue weighted by Crippen LogP contribution is 2.27. The van der Waals surface area contributed by atoms with Crippen molar-refractivity contribution in [3.8, 4) is 0 Å². The molecule has 1 fully saturated rings. The summed E-state index contributed by atoms with van der Waals surface area (Å²) in [6.45, 7) is 6.81. The van der Waals surface area contributed by atoms with Crippen molar-refractivity contribution in [3.05, 3.63) is 71.3 Å². The second kappa shape index (κ2) is 8.17. The molecule has 4 heteroatoms. The average Bonchev–Trinajstić information content (AvgIpc) is 2.67. The van der Waals surface area contributed by atoms with E-state index in [0.29, 0.717) is 25.6 Å². The van der Waals surface area contributed by atoms with Crippen LogP contribution in [0.3, 0.4) is 0 Å². The molecular weight excluding hydrogens is 312 g/mol. The van der Waals surface area contributed by atoms with E-state index in [4.69, 9.17) is 4.74 Å². The predicted octanol–water partition coefficient (Wildman–Crippen LogP) is 4.09. The number of amides is 1. The highest BCUT2D eigenvalue weighted by atomic mass is 16.6. The minimum absolute atomic E-state index is 0.150. The number of nitrogens with one attached hydrogen (secondary N) is 1. The van der Waals surface area contributed by atoms with Crippen molar-refractivity contribution in [1.29, 1.82) is 0 Å². The fourth-order valence-corrected chi connectivity index (χ4v) is 3.29. The third-order valence-corrected chi connectivity index (χ3v) is 4.63. The van der Waals surface area contributed by atoms with Crippen LogP contribution in [0.2, 0.25) is 0 Å². The Hall–Kier alpha value is -2.33. The number of ether oxygens (including phenoxy) is 1. The van der Waals surface area contributed by atoms with Gasteiger partial charge in [-0.2, -0.15) is 0 Å². The summed E-state index contributed by atoms with van der Waals surface area (Å²) in [4.78, 5) is 14.2. The van der Waals surface area contributed by atoms with Crippen molar-refractivity contribution in [2.45, 2.75) is 32.4 Å². The number of benzene rings is 2. The van der Waals surface area contributed by atoms with E-state index in [1.807, 2.05) is 30.3 Å². The van der Waals surface area contributed by atoms with Crippen molar-refractivity contribution in [2.24, 2.45) is 0 Å². The van der Waals surface area contributed by atoms with Crippen molar-refractivity contribution >= 4 is 6.09 Å². The number of rotatable bonds is 4. The number of nitrogens with zero attached hydrogens (tertiary/aromatic N) is 1. The van der Waals surface area contributed by atoms with Crippen LogP contribution in [0.1, 0.15) is 42.5 Å². The molecule has 1 saturated heterocycles. The van der Waals surface area contributed by atoms with Crippen molar-refractivity contribution in [3.63, 3.8) is 0 Å². The van der Waals surface area contributed by atoms with Crippen LogP contribution in [0.4, 0.5) is 4.79 Å². The van der Waals surface area contributed by atoms with Gasteiger partial charge in [0.05, 0.1) is 6.04 Å². The van der Waals surface area contributed by atoms with Crippen molar-refractivity contribution < 1.29 is 9.53 Å². The zero-order valence-electron chi connectivity index (χ0n) is 14.9. The molecule has 0 saturated carbocycles. The van der Waals surface area contributed by atoms with Gasteiger partial charge in [-0.05, 0) is 22.6 Å². The zero-order chi connectivity index (χ0) is 17.6. The lowest BCUT2D eigenvalue weighted by atomic mass is 9.92. The molecule has 1 aliphatic heterocycles. The molecule has 0 aromatic heterocycles. The molecule has 3 rings (SSSR count). The molecule has 1 unspecified atom stereocenters. The van der Waals surface area contributed by atoms with E-state index in [-0.39, 0.29) is 12.1 Å². The smallest absolute Gasteiger partial charge is 0.410 e.